The molecule has 0 aliphatic heterocycles. The molecular weight excluding hydrogens is 316 g/mol. The third-order valence-corrected chi connectivity index (χ3v) is 10.2. The van der Waals surface area contributed by atoms with Gasteiger partial charge in [-0.05, 0) is 105 Å². The number of carbonyl (C=O) groups excluding carboxylic acids is 1. The zero-order chi connectivity index (χ0) is 18.2. The van der Waals surface area contributed by atoms with E-state index in [1.807, 2.05) is 0 Å². The van der Waals surface area contributed by atoms with Crippen molar-refractivity contribution in [3.8, 4) is 0 Å². The lowest BCUT2D eigenvalue weighted by atomic mass is 9.45. The van der Waals surface area contributed by atoms with Crippen LogP contribution in [0.25, 0.3) is 0 Å². The maximum Gasteiger partial charge on any atom is 0.119 e. The van der Waals surface area contributed by atoms with E-state index in [9.17, 15) is 4.79 Å². The van der Waals surface area contributed by atoms with Crippen LogP contribution in [-0.2, 0) is 4.79 Å². The van der Waals surface area contributed by atoms with Gasteiger partial charge in [-0.1, -0.05) is 39.5 Å². The van der Waals surface area contributed by atoms with Crippen LogP contribution in [0, 0.1) is 40.4 Å². The van der Waals surface area contributed by atoms with Gasteiger partial charge in [-0.3, -0.25) is 0 Å². The molecule has 0 aromatic carbocycles. The summed E-state index contributed by atoms with van der Waals surface area (Å²) in [5, 5.41) is 0. The first kappa shape index (κ1) is 19.0. The Morgan fingerprint density at radius 2 is 1.65 bits per heavy atom. The van der Waals surface area contributed by atoms with Gasteiger partial charge in [-0.15, -0.1) is 0 Å². The average Bonchev–Trinajstić information content (AvgIpc) is 2.97. The summed E-state index contributed by atoms with van der Waals surface area (Å²) < 4.78 is 0. The summed E-state index contributed by atoms with van der Waals surface area (Å²) in [5.74, 6) is 5.15. The molecule has 0 spiro atoms. The molecule has 4 saturated carbocycles. The molecule has 0 radical (unpaired) electrons. The molecule has 1 heteroatoms. The first-order valence-electron chi connectivity index (χ1n) is 12.0. The second-order valence-electron chi connectivity index (χ2n) is 11.0. The molecule has 7 atom stereocenters. The predicted molar refractivity (Wildman–Crippen MR) is 109 cm³/mol. The van der Waals surface area contributed by atoms with Gasteiger partial charge >= 0.3 is 0 Å². The van der Waals surface area contributed by atoms with Crippen molar-refractivity contribution in [2.75, 3.05) is 0 Å². The minimum atomic E-state index is 0.643. The Hall–Kier alpha value is -0.330. The minimum Gasteiger partial charge on any atom is -0.303 e. The molecule has 0 N–H and O–H groups in total. The van der Waals surface area contributed by atoms with Crippen molar-refractivity contribution >= 4 is 6.29 Å². The third-order valence-electron chi connectivity index (χ3n) is 10.2. The molecule has 4 rings (SSSR count). The molecule has 148 valence electrons. The van der Waals surface area contributed by atoms with Crippen molar-refractivity contribution in [2.45, 2.75) is 110 Å². The van der Waals surface area contributed by atoms with Crippen molar-refractivity contribution < 1.29 is 4.79 Å². The van der Waals surface area contributed by atoms with Crippen molar-refractivity contribution in [1.82, 2.24) is 0 Å². The number of carbonyl (C=O) groups is 1. The van der Waals surface area contributed by atoms with Crippen molar-refractivity contribution in [1.29, 1.82) is 0 Å². The van der Waals surface area contributed by atoms with Gasteiger partial charge < -0.3 is 4.79 Å². The number of hydrogen-bond acceptors (Lipinski definition) is 1. The zero-order valence-corrected chi connectivity index (χ0v) is 17.5. The van der Waals surface area contributed by atoms with E-state index in [4.69, 9.17) is 0 Å². The molecule has 4 fully saturated rings. The first-order valence-corrected chi connectivity index (χ1v) is 12.0. The Morgan fingerprint density at radius 3 is 2.50 bits per heavy atom. The summed E-state index contributed by atoms with van der Waals surface area (Å²) in [6.07, 6.45) is 22.3. The van der Waals surface area contributed by atoms with Crippen LogP contribution in [-0.4, -0.2) is 6.29 Å². The van der Waals surface area contributed by atoms with Crippen LogP contribution in [0.4, 0.5) is 0 Å². The Kier molecular flexibility index (Phi) is 5.55. The number of aldehydes is 1. The predicted octanol–water partition coefficient (Wildman–Crippen LogP) is 7.18. The van der Waals surface area contributed by atoms with Crippen molar-refractivity contribution in [2.24, 2.45) is 40.4 Å². The number of hydrogen-bond donors (Lipinski definition) is 0. The van der Waals surface area contributed by atoms with E-state index in [0.717, 1.165) is 48.7 Å². The summed E-state index contributed by atoms with van der Waals surface area (Å²) in [6, 6.07) is 0. The van der Waals surface area contributed by atoms with E-state index in [1.54, 1.807) is 12.8 Å². The lowest BCUT2D eigenvalue weighted by molar-refractivity contribution is -0.111. The fraction of sp³-hybridized carbons (Fsp3) is 0.960. The molecule has 1 nitrogen and oxygen atoms in total. The summed E-state index contributed by atoms with van der Waals surface area (Å²) in [5.41, 5.74) is 1.33. The van der Waals surface area contributed by atoms with Crippen LogP contribution in [0.3, 0.4) is 0 Å². The topological polar surface area (TPSA) is 17.1 Å². The molecule has 0 aromatic heterocycles. The molecule has 7 unspecified atom stereocenters. The fourth-order valence-corrected chi connectivity index (χ4v) is 8.67. The maximum absolute atomic E-state index is 10.5. The Labute approximate surface area is 162 Å². The molecular formula is C25H42O. The highest BCUT2D eigenvalue weighted by atomic mass is 16.1. The van der Waals surface area contributed by atoms with E-state index < -0.39 is 0 Å². The van der Waals surface area contributed by atoms with Gasteiger partial charge in [0.05, 0.1) is 0 Å². The fourth-order valence-electron chi connectivity index (χ4n) is 8.67. The van der Waals surface area contributed by atoms with Crippen LogP contribution in [0.5, 0.6) is 0 Å². The first-order chi connectivity index (χ1) is 12.6. The lowest BCUT2D eigenvalue weighted by Gasteiger charge is -2.60. The van der Waals surface area contributed by atoms with Crippen LogP contribution in [0.1, 0.15) is 110 Å². The van der Waals surface area contributed by atoms with Crippen LogP contribution >= 0.6 is 0 Å². The standard InChI is InChI=1S/C25H42O/c1-24-16-7-6-10-19(24)11-13-21-22-14-12-20(9-5-3-4-8-18-26)25(22,2)17-15-23(21)24/h18-23H,3-17H2,1-2H3. The highest BCUT2D eigenvalue weighted by molar-refractivity contribution is 5.48. The van der Waals surface area contributed by atoms with Gasteiger partial charge in [0.25, 0.3) is 0 Å². The Balaban J connectivity index is 1.42. The highest BCUT2D eigenvalue weighted by Crippen LogP contribution is 2.67. The van der Waals surface area contributed by atoms with Gasteiger partial charge in [0.1, 0.15) is 6.29 Å². The van der Waals surface area contributed by atoms with Gasteiger partial charge in [0.2, 0.25) is 0 Å². The summed E-state index contributed by atoms with van der Waals surface area (Å²) >= 11 is 0. The van der Waals surface area contributed by atoms with Crippen LogP contribution < -0.4 is 0 Å². The second kappa shape index (κ2) is 7.59. The van der Waals surface area contributed by atoms with Crippen LogP contribution in [0.2, 0.25) is 0 Å². The largest absolute Gasteiger partial charge is 0.303 e. The van der Waals surface area contributed by atoms with Crippen molar-refractivity contribution in [3.63, 3.8) is 0 Å². The molecule has 0 aromatic rings. The maximum atomic E-state index is 10.5. The smallest absolute Gasteiger partial charge is 0.119 e. The molecule has 4 aliphatic carbocycles. The van der Waals surface area contributed by atoms with E-state index >= 15 is 0 Å². The molecule has 26 heavy (non-hydrogen) atoms. The zero-order valence-electron chi connectivity index (χ0n) is 17.5. The molecule has 0 amide bonds. The van der Waals surface area contributed by atoms with E-state index in [2.05, 4.69) is 13.8 Å². The molecule has 0 heterocycles. The van der Waals surface area contributed by atoms with Crippen molar-refractivity contribution in [3.05, 3.63) is 0 Å². The van der Waals surface area contributed by atoms with Gasteiger partial charge in [0, 0.05) is 6.42 Å². The SMILES string of the molecule is CC12CCCCC1CCC1C2CCC2(C)C(CCCCCC=O)CCC12. The minimum absolute atomic E-state index is 0.643. The van der Waals surface area contributed by atoms with E-state index in [1.165, 1.54) is 70.6 Å². The van der Waals surface area contributed by atoms with Gasteiger partial charge in [-0.2, -0.15) is 0 Å². The quantitative estimate of drug-likeness (QED) is 0.363. The Bertz CT molecular complexity index is 498. The number of unbranched alkanes of at least 4 members (excludes halogenated alkanes) is 3. The average molecular weight is 359 g/mol. The summed E-state index contributed by atoms with van der Waals surface area (Å²) in [4.78, 5) is 10.5. The van der Waals surface area contributed by atoms with Gasteiger partial charge in [0.15, 0.2) is 0 Å². The Morgan fingerprint density at radius 1 is 0.808 bits per heavy atom. The molecule has 4 aliphatic rings. The lowest BCUT2D eigenvalue weighted by Crippen LogP contribution is -2.52. The van der Waals surface area contributed by atoms with Crippen LogP contribution in [0.15, 0.2) is 0 Å². The monoisotopic (exact) mass is 358 g/mol. The number of rotatable bonds is 6. The highest BCUT2D eigenvalue weighted by Gasteiger charge is 2.59. The van der Waals surface area contributed by atoms with E-state index in [-0.39, 0.29) is 0 Å². The second-order valence-corrected chi connectivity index (χ2v) is 11.0. The van der Waals surface area contributed by atoms with Gasteiger partial charge in [-0.25, -0.2) is 0 Å². The van der Waals surface area contributed by atoms with E-state index in [0.29, 0.717) is 10.8 Å². The summed E-state index contributed by atoms with van der Waals surface area (Å²) in [6.45, 7) is 5.39. The number of fused-ring (bicyclic) bond motifs is 5. The third kappa shape index (κ3) is 3.10. The normalized spacial score (nSPS) is 47.7. The molecule has 0 bridgehead atoms. The summed E-state index contributed by atoms with van der Waals surface area (Å²) in [7, 11) is 0. The molecule has 0 saturated heterocycles.